The topological polar surface area (TPSA) is 111 Å². The second-order valence-electron chi connectivity index (χ2n) is 6.60. The largest absolute Gasteiger partial charge is 0.457 e. The van der Waals surface area contributed by atoms with E-state index in [9.17, 15) is 18.0 Å². The van der Waals surface area contributed by atoms with Crippen molar-refractivity contribution in [2.45, 2.75) is 11.8 Å². The predicted molar refractivity (Wildman–Crippen MR) is 119 cm³/mol. The molecule has 1 amide bonds. The third-order valence-electron chi connectivity index (χ3n) is 4.15. The minimum Gasteiger partial charge on any atom is -0.457 e. The molecule has 0 unspecified atom stereocenters. The Bertz CT molecular complexity index is 1200. The van der Waals surface area contributed by atoms with Gasteiger partial charge in [0.25, 0.3) is 5.91 Å². The molecule has 0 saturated heterocycles. The fourth-order valence-corrected chi connectivity index (χ4v) is 3.82. The summed E-state index contributed by atoms with van der Waals surface area (Å²) < 4.78 is 37.3. The number of amides is 1. The van der Waals surface area contributed by atoms with Gasteiger partial charge in [-0.15, -0.1) is 0 Å². The van der Waals surface area contributed by atoms with Gasteiger partial charge in [-0.3, -0.25) is 4.79 Å². The molecule has 32 heavy (non-hydrogen) atoms. The molecule has 0 radical (unpaired) electrons. The number of nitrogens with one attached hydrogen (secondary N) is 2. The van der Waals surface area contributed by atoms with Crippen LogP contribution >= 0.6 is 0 Å². The van der Waals surface area contributed by atoms with Crippen molar-refractivity contribution < 1.29 is 27.5 Å². The van der Waals surface area contributed by atoms with Crippen LogP contribution in [0, 0.1) is 0 Å². The Morgan fingerprint density at radius 1 is 0.875 bits per heavy atom. The average Bonchev–Trinajstić information content (AvgIpc) is 2.78. The zero-order chi connectivity index (χ0) is 23.0. The van der Waals surface area contributed by atoms with Gasteiger partial charge in [-0.1, -0.05) is 37.3 Å². The van der Waals surface area contributed by atoms with Crippen LogP contribution in [0.2, 0.25) is 0 Å². The lowest BCUT2D eigenvalue weighted by Gasteiger charge is -2.10. The van der Waals surface area contributed by atoms with E-state index in [0.717, 1.165) is 0 Å². The number of sulfonamides is 1. The Balaban J connectivity index is 1.57. The highest BCUT2D eigenvalue weighted by Gasteiger charge is 2.17. The molecule has 3 rings (SSSR count). The first kappa shape index (κ1) is 23.0. The minimum atomic E-state index is -3.71. The van der Waals surface area contributed by atoms with Gasteiger partial charge in [0.15, 0.2) is 6.61 Å². The molecule has 2 N–H and O–H groups in total. The van der Waals surface area contributed by atoms with Crippen molar-refractivity contribution in [2.75, 3.05) is 18.5 Å². The zero-order valence-corrected chi connectivity index (χ0v) is 18.1. The molecule has 0 aliphatic heterocycles. The molecule has 9 heteroatoms. The molecule has 0 saturated carbocycles. The van der Waals surface area contributed by atoms with Gasteiger partial charge in [-0.05, 0) is 42.5 Å². The lowest BCUT2D eigenvalue weighted by atomic mass is 10.2. The third-order valence-corrected chi connectivity index (χ3v) is 5.69. The molecule has 8 nitrogen and oxygen atoms in total. The van der Waals surface area contributed by atoms with Crippen LogP contribution in [0.5, 0.6) is 11.5 Å². The molecule has 3 aromatic carbocycles. The Morgan fingerprint density at radius 2 is 1.59 bits per heavy atom. The molecule has 0 bridgehead atoms. The van der Waals surface area contributed by atoms with E-state index in [-0.39, 0.29) is 17.0 Å². The fraction of sp³-hybridized carbons (Fsp3) is 0.130. The van der Waals surface area contributed by atoms with Gasteiger partial charge in [0.2, 0.25) is 10.0 Å². The number of para-hydroxylation sites is 1. The maximum Gasteiger partial charge on any atom is 0.338 e. The summed E-state index contributed by atoms with van der Waals surface area (Å²) in [5.74, 6) is -0.172. The zero-order valence-electron chi connectivity index (χ0n) is 17.3. The number of benzene rings is 3. The number of hydrogen-bond donors (Lipinski definition) is 2. The van der Waals surface area contributed by atoms with Crippen molar-refractivity contribution in [3.05, 3.63) is 84.4 Å². The number of carbonyl (C=O) groups is 2. The maximum atomic E-state index is 12.3. The van der Waals surface area contributed by atoms with Crippen molar-refractivity contribution in [2.24, 2.45) is 0 Å². The maximum absolute atomic E-state index is 12.3. The van der Waals surface area contributed by atoms with E-state index in [2.05, 4.69) is 10.0 Å². The summed E-state index contributed by atoms with van der Waals surface area (Å²) in [7, 11) is -3.71. The van der Waals surface area contributed by atoms with Gasteiger partial charge in [-0.25, -0.2) is 17.9 Å². The Kier molecular flexibility index (Phi) is 7.58. The first-order valence-electron chi connectivity index (χ1n) is 9.77. The lowest BCUT2D eigenvalue weighted by Crippen LogP contribution is -2.24. The number of ether oxygens (including phenoxy) is 2. The first-order chi connectivity index (χ1) is 15.4. The number of esters is 1. The van der Waals surface area contributed by atoms with Crippen molar-refractivity contribution in [1.29, 1.82) is 0 Å². The van der Waals surface area contributed by atoms with E-state index in [1.54, 1.807) is 31.2 Å². The van der Waals surface area contributed by atoms with Gasteiger partial charge in [-0.2, -0.15) is 0 Å². The SMILES string of the molecule is CCNS(=O)(=O)c1cccc(C(=O)OCC(=O)Nc2cccc(Oc3ccccc3)c2)c1. The smallest absolute Gasteiger partial charge is 0.338 e. The molecule has 0 fully saturated rings. The van der Waals surface area contributed by atoms with Crippen LogP contribution in [0.3, 0.4) is 0 Å². The molecular formula is C23H22N2O6S. The second-order valence-corrected chi connectivity index (χ2v) is 8.36. The molecule has 0 aliphatic rings. The number of carbonyl (C=O) groups excluding carboxylic acids is 2. The Morgan fingerprint density at radius 3 is 2.34 bits per heavy atom. The van der Waals surface area contributed by atoms with Crippen molar-refractivity contribution in [3.63, 3.8) is 0 Å². The molecule has 0 aromatic heterocycles. The van der Waals surface area contributed by atoms with E-state index < -0.39 is 28.5 Å². The van der Waals surface area contributed by atoms with Gasteiger partial charge in [0.05, 0.1) is 10.5 Å². The standard InChI is InChI=1S/C23H22N2O6S/c1-2-24-32(28,29)21-13-6-8-17(14-21)23(27)30-16-22(26)25-18-9-7-12-20(15-18)31-19-10-4-3-5-11-19/h3-15,24H,2,16H2,1H3,(H,25,26). The normalized spacial score (nSPS) is 10.9. The van der Waals surface area contributed by atoms with Crippen LogP contribution in [0.25, 0.3) is 0 Å². The Hall–Kier alpha value is -3.69. The van der Waals surface area contributed by atoms with Crippen LogP contribution in [-0.2, 0) is 19.6 Å². The number of rotatable bonds is 9. The van der Waals surface area contributed by atoms with Gasteiger partial charge in [0, 0.05) is 18.3 Å². The fourth-order valence-electron chi connectivity index (χ4n) is 2.74. The second kappa shape index (κ2) is 10.6. The van der Waals surface area contributed by atoms with Gasteiger partial charge in [0.1, 0.15) is 11.5 Å². The summed E-state index contributed by atoms with van der Waals surface area (Å²) in [5.41, 5.74) is 0.494. The van der Waals surface area contributed by atoms with Crippen LogP contribution < -0.4 is 14.8 Å². The van der Waals surface area contributed by atoms with Crippen LogP contribution in [0.1, 0.15) is 17.3 Å². The molecule has 3 aromatic rings. The molecule has 0 heterocycles. The summed E-state index contributed by atoms with van der Waals surface area (Å²) in [6, 6.07) is 21.4. The van der Waals surface area contributed by atoms with E-state index in [1.165, 1.54) is 24.3 Å². The van der Waals surface area contributed by atoms with Crippen LogP contribution in [0.4, 0.5) is 5.69 Å². The monoisotopic (exact) mass is 454 g/mol. The van der Waals surface area contributed by atoms with E-state index in [1.807, 2.05) is 30.3 Å². The summed E-state index contributed by atoms with van der Waals surface area (Å²) in [6.07, 6.45) is 0. The minimum absolute atomic E-state index is 0.0232. The van der Waals surface area contributed by atoms with Gasteiger partial charge < -0.3 is 14.8 Å². The predicted octanol–water partition coefficient (Wildman–Crippen LogP) is 3.57. The molecular weight excluding hydrogens is 432 g/mol. The highest BCUT2D eigenvalue weighted by molar-refractivity contribution is 7.89. The quantitative estimate of drug-likeness (QED) is 0.478. The van der Waals surface area contributed by atoms with Crippen LogP contribution in [-0.4, -0.2) is 33.4 Å². The molecule has 0 spiro atoms. The van der Waals surface area contributed by atoms with Crippen molar-refractivity contribution in [3.8, 4) is 11.5 Å². The Labute approximate surface area is 186 Å². The van der Waals surface area contributed by atoms with Crippen molar-refractivity contribution in [1.82, 2.24) is 4.72 Å². The van der Waals surface area contributed by atoms with E-state index in [0.29, 0.717) is 17.2 Å². The van der Waals surface area contributed by atoms with Gasteiger partial charge >= 0.3 is 5.97 Å². The summed E-state index contributed by atoms with van der Waals surface area (Å²) in [5, 5.41) is 2.63. The summed E-state index contributed by atoms with van der Waals surface area (Å²) >= 11 is 0. The summed E-state index contributed by atoms with van der Waals surface area (Å²) in [6.45, 7) is 1.33. The van der Waals surface area contributed by atoms with Crippen molar-refractivity contribution >= 4 is 27.6 Å². The number of anilines is 1. The van der Waals surface area contributed by atoms with E-state index >= 15 is 0 Å². The molecule has 166 valence electrons. The first-order valence-corrected chi connectivity index (χ1v) is 11.3. The average molecular weight is 455 g/mol. The van der Waals surface area contributed by atoms with Crippen LogP contribution in [0.15, 0.2) is 83.8 Å². The summed E-state index contributed by atoms with van der Waals surface area (Å²) in [4.78, 5) is 24.4. The highest BCUT2D eigenvalue weighted by Crippen LogP contribution is 2.23. The van der Waals surface area contributed by atoms with E-state index in [4.69, 9.17) is 9.47 Å². The lowest BCUT2D eigenvalue weighted by molar-refractivity contribution is -0.119. The highest BCUT2D eigenvalue weighted by atomic mass is 32.2. The third kappa shape index (κ3) is 6.40. The molecule has 0 atom stereocenters. The number of hydrogen-bond acceptors (Lipinski definition) is 6. The molecule has 0 aliphatic carbocycles.